The van der Waals surface area contributed by atoms with Crippen LogP contribution in [-0.2, 0) is 6.54 Å². The molecule has 2 aromatic rings. The van der Waals surface area contributed by atoms with Crippen LogP contribution in [0.15, 0.2) is 36.7 Å². The second kappa shape index (κ2) is 9.99. The molecule has 0 radical (unpaired) electrons. The molecule has 10 nitrogen and oxygen atoms in total. The van der Waals surface area contributed by atoms with Gasteiger partial charge in [0, 0.05) is 65.4 Å². The molecule has 0 aliphatic carbocycles. The summed E-state index contributed by atoms with van der Waals surface area (Å²) < 4.78 is 0. The number of aliphatic hydroxyl groups excluding tert-OH is 1. The summed E-state index contributed by atoms with van der Waals surface area (Å²) in [6.45, 7) is 7.42. The molecule has 1 aromatic carbocycles. The molecule has 0 unspecified atom stereocenters. The molecule has 0 saturated carbocycles. The number of anilines is 2. The van der Waals surface area contributed by atoms with Crippen LogP contribution in [0.2, 0.25) is 0 Å². The molecule has 3 heterocycles. The number of hydrogen-bond acceptors (Lipinski definition) is 9. The fourth-order valence-electron chi connectivity index (χ4n) is 4.27. The fourth-order valence-corrected chi connectivity index (χ4v) is 4.27. The van der Waals surface area contributed by atoms with Crippen molar-refractivity contribution in [2.24, 2.45) is 0 Å². The van der Waals surface area contributed by atoms with Crippen molar-refractivity contribution in [1.29, 1.82) is 0 Å². The van der Waals surface area contributed by atoms with Gasteiger partial charge in [-0.25, -0.2) is 9.97 Å². The molecule has 2 saturated heterocycles. The van der Waals surface area contributed by atoms with Crippen molar-refractivity contribution in [2.75, 3.05) is 75.3 Å². The second-order valence-electron chi connectivity index (χ2n) is 7.93. The molecule has 4 rings (SSSR count). The minimum atomic E-state index is -0.346. The molecule has 1 N–H and O–H groups in total. The second-order valence-corrected chi connectivity index (χ2v) is 7.93. The Morgan fingerprint density at radius 1 is 0.871 bits per heavy atom. The summed E-state index contributed by atoms with van der Waals surface area (Å²) >= 11 is 0. The molecule has 166 valence electrons. The van der Waals surface area contributed by atoms with Crippen molar-refractivity contribution >= 4 is 17.3 Å². The number of rotatable bonds is 7. The first-order valence-electron chi connectivity index (χ1n) is 10.7. The summed E-state index contributed by atoms with van der Waals surface area (Å²) in [5, 5.41) is 21.1. The van der Waals surface area contributed by atoms with Crippen molar-refractivity contribution in [3.63, 3.8) is 0 Å². The lowest BCUT2D eigenvalue weighted by Gasteiger charge is -2.36. The van der Waals surface area contributed by atoms with Gasteiger partial charge in [0.25, 0.3) is 0 Å². The quantitative estimate of drug-likeness (QED) is 0.508. The van der Waals surface area contributed by atoms with Crippen LogP contribution < -0.4 is 9.80 Å². The Morgan fingerprint density at radius 2 is 1.42 bits per heavy atom. The number of nitro groups is 1. The van der Waals surface area contributed by atoms with Gasteiger partial charge in [-0.3, -0.25) is 19.9 Å². The highest BCUT2D eigenvalue weighted by atomic mass is 16.6. The van der Waals surface area contributed by atoms with Crippen LogP contribution in [0.3, 0.4) is 0 Å². The van der Waals surface area contributed by atoms with Gasteiger partial charge in [0.1, 0.15) is 6.33 Å². The van der Waals surface area contributed by atoms with E-state index in [2.05, 4.69) is 31.9 Å². The smallest absolute Gasteiger partial charge is 0.353 e. The SMILES string of the molecule is O=[N+]([O-])c1c(N2CCN(CCO)CC2)ncnc1N1CCN(Cc2ccccc2)CC1. The zero-order chi connectivity index (χ0) is 21.6. The standard InChI is InChI=1S/C21H29N7O3/c29-15-14-24-6-10-26(11-7-24)20-19(28(30)31)21(23-17-22-20)27-12-8-25(9-13-27)16-18-4-2-1-3-5-18/h1-5,17,29H,6-16H2. The van der Waals surface area contributed by atoms with Crippen LogP contribution in [0.1, 0.15) is 5.56 Å². The molecule has 0 amide bonds. The third kappa shape index (κ3) is 5.09. The molecular weight excluding hydrogens is 398 g/mol. The lowest BCUT2D eigenvalue weighted by molar-refractivity contribution is -0.383. The summed E-state index contributed by atoms with van der Waals surface area (Å²) in [5.74, 6) is 0.803. The van der Waals surface area contributed by atoms with Crippen LogP contribution in [0.4, 0.5) is 17.3 Å². The number of nitrogens with zero attached hydrogens (tertiary/aromatic N) is 7. The van der Waals surface area contributed by atoms with Gasteiger partial charge in [0.05, 0.1) is 11.5 Å². The van der Waals surface area contributed by atoms with Crippen molar-refractivity contribution in [2.45, 2.75) is 6.54 Å². The first kappa shape index (κ1) is 21.4. The molecule has 31 heavy (non-hydrogen) atoms. The van der Waals surface area contributed by atoms with E-state index >= 15 is 0 Å². The van der Waals surface area contributed by atoms with E-state index in [0.717, 1.165) is 32.7 Å². The average molecular weight is 428 g/mol. The Morgan fingerprint density at radius 3 is 1.94 bits per heavy atom. The Kier molecular flexibility index (Phi) is 6.90. The number of aromatic nitrogens is 2. The molecule has 0 spiro atoms. The molecule has 10 heteroatoms. The van der Waals surface area contributed by atoms with E-state index in [0.29, 0.717) is 44.4 Å². The summed E-state index contributed by atoms with van der Waals surface area (Å²) in [4.78, 5) is 28.8. The molecule has 2 fully saturated rings. The average Bonchev–Trinajstić information content (AvgIpc) is 2.80. The molecule has 2 aliphatic rings. The molecule has 1 aromatic heterocycles. The van der Waals surface area contributed by atoms with Gasteiger partial charge in [0.15, 0.2) is 0 Å². The number of β-amino-alcohol motifs (C(OH)–C–C–N with tert-alkyl or cyclic N) is 1. The van der Waals surface area contributed by atoms with E-state index in [1.165, 1.54) is 11.9 Å². The molecule has 2 aliphatic heterocycles. The lowest BCUT2D eigenvalue weighted by Crippen LogP contribution is -2.48. The third-order valence-corrected chi connectivity index (χ3v) is 5.98. The Balaban J connectivity index is 1.45. The highest BCUT2D eigenvalue weighted by Crippen LogP contribution is 2.35. The van der Waals surface area contributed by atoms with Gasteiger partial charge in [-0.15, -0.1) is 0 Å². The van der Waals surface area contributed by atoms with Crippen LogP contribution in [0.25, 0.3) is 0 Å². The highest BCUT2D eigenvalue weighted by Gasteiger charge is 2.32. The maximum Gasteiger partial charge on any atom is 0.353 e. The highest BCUT2D eigenvalue weighted by molar-refractivity contribution is 5.71. The largest absolute Gasteiger partial charge is 0.395 e. The first-order valence-corrected chi connectivity index (χ1v) is 10.7. The van der Waals surface area contributed by atoms with E-state index in [1.54, 1.807) is 0 Å². The van der Waals surface area contributed by atoms with E-state index in [-0.39, 0.29) is 17.2 Å². The maximum atomic E-state index is 12.0. The first-order chi connectivity index (χ1) is 15.2. The van der Waals surface area contributed by atoms with E-state index in [9.17, 15) is 10.1 Å². The van der Waals surface area contributed by atoms with E-state index < -0.39 is 0 Å². The van der Waals surface area contributed by atoms with Crippen LogP contribution in [0.5, 0.6) is 0 Å². The summed E-state index contributed by atoms with van der Waals surface area (Å²) in [6.07, 6.45) is 1.44. The molecular formula is C21H29N7O3. The fraction of sp³-hybridized carbons (Fsp3) is 0.524. The van der Waals surface area contributed by atoms with Gasteiger partial charge in [-0.2, -0.15) is 0 Å². The monoisotopic (exact) mass is 427 g/mol. The predicted octanol–water partition coefficient (Wildman–Crippen LogP) is 0.821. The Bertz CT molecular complexity index is 867. The third-order valence-electron chi connectivity index (χ3n) is 5.98. The molecule has 0 atom stereocenters. The topological polar surface area (TPSA) is 102 Å². The number of aliphatic hydroxyl groups is 1. The van der Waals surface area contributed by atoms with E-state index in [1.807, 2.05) is 28.0 Å². The van der Waals surface area contributed by atoms with Gasteiger partial charge in [-0.1, -0.05) is 30.3 Å². The minimum absolute atomic E-state index is 0.00498. The van der Waals surface area contributed by atoms with E-state index in [4.69, 9.17) is 5.11 Å². The van der Waals surface area contributed by atoms with Gasteiger partial charge in [-0.05, 0) is 5.56 Å². The maximum absolute atomic E-state index is 12.0. The number of piperazine rings is 2. The predicted molar refractivity (Wildman–Crippen MR) is 118 cm³/mol. The van der Waals surface area contributed by atoms with Crippen LogP contribution in [0, 0.1) is 10.1 Å². The van der Waals surface area contributed by atoms with Crippen LogP contribution in [-0.4, -0.2) is 95.3 Å². The number of hydrogen-bond donors (Lipinski definition) is 1. The summed E-state index contributed by atoms with van der Waals surface area (Å²) in [6, 6.07) is 10.3. The van der Waals surface area contributed by atoms with Crippen molar-refractivity contribution in [1.82, 2.24) is 19.8 Å². The van der Waals surface area contributed by atoms with Gasteiger partial charge >= 0.3 is 5.69 Å². The van der Waals surface area contributed by atoms with Gasteiger partial charge in [0.2, 0.25) is 11.6 Å². The van der Waals surface area contributed by atoms with Crippen molar-refractivity contribution < 1.29 is 10.0 Å². The minimum Gasteiger partial charge on any atom is -0.395 e. The Labute approximate surface area is 181 Å². The normalized spacial score (nSPS) is 18.4. The van der Waals surface area contributed by atoms with Crippen molar-refractivity contribution in [3.8, 4) is 0 Å². The van der Waals surface area contributed by atoms with Crippen molar-refractivity contribution in [3.05, 3.63) is 52.3 Å². The molecule has 0 bridgehead atoms. The number of benzene rings is 1. The zero-order valence-corrected chi connectivity index (χ0v) is 17.6. The lowest BCUT2D eigenvalue weighted by atomic mass is 10.2. The summed E-state index contributed by atoms with van der Waals surface area (Å²) in [7, 11) is 0. The zero-order valence-electron chi connectivity index (χ0n) is 17.6. The van der Waals surface area contributed by atoms with Gasteiger partial charge < -0.3 is 14.9 Å². The summed E-state index contributed by atoms with van der Waals surface area (Å²) in [5.41, 5.74) is 1.27. The Hall–Kier alpha value is -2.82. The van der Waals surface area contributed by atoms with Crippen LogP contribution >= 0.6 is 0 Å².